The molecule has 0 spiro atoms. The maximum absolute atomic E-state index is 12.1. The van der Waals surface area contributed by atoms with Gasteiger partial charge in [-0.25, -0.2) is 4.98 Å². The number of rotatable bonds is 5. The van der Waals surface area contributed by atoms with Crippen LogP contribution in [0, 0.1) is 17.8 Å². The van der Waals surface area contributed by atoms with E-state index in [1.165, 1.54) is 12.8 Å². The van der Waals surface area contributed by atoms with E-state index in [2.05, 4.69) is 27.4 Å². The standard InChI is InChI=1S/C19H21N3O2/c23-18(20-11-14-10-12-5-6-13(14)9-12)8-7-17-19(24)22-16-4-2-1-3-15(16)21-17/h1-6,12-14H,7-11H2,(H,20,23)(H,22,24)/t12-,13-,14+/m0/s1. The summed E-state index contributed by atoms with van der Waals surface area (Å²) in [5, 5.41) is 3.02. The van der Waals surface area contributed by atoms with Crippen LogP contribution in [-0.4, -0.2) is 22.4 Å². The normalized spacial score (nSPS) is 24.6. The smallest absolute Gasteiger partial charge is 0.270 e. The summed E-state index contributed by atoms with van der Waals surface area (Å²) in [5.74, 6) is 1.93. The van der Waals surface area contributed by atoms with Gasteiger partial charge in [0.25, 0.3) is 5.56 Å². The minimum absolute atomic E-state index is 0.00360. The van der Waals surface area contributed by atoms with Gasteiger partial charge < -0.3 is 10.3 Å². The molecule has 1 amide bonds. The molecule has 2 aromatic rings. The van der Waals surface area contributed by atoms with Gasteiger partial charge in [0, 0.05) is 19.4 Å². The number of fused-ring (bicyclic) bond motifs is 3. The van der Waals surface area contributed by atoms with Crippen LogP contribution in [0.5, 0.6) is 0 Å². The van der Waals surface area contributed by atoms with Crippen LogP contribution >= 0.6 is 0 Å². The Kier molecular flexibility index (Phi) is 3.92. The maximum atomic E-state index is 12.1. The third-order valence-corrected chi connectivity index (χ3v) is 5.24. The van der Waals surface area contributed by atoms with Crippen molar-refractivity contribution in [3.63, 3.8) is 0 Å². The van der Waals surface area contributed by atoms with Crippen molar-refractivity contribution in [3.05, 3.63) is 52.5 Å². The van der Waals surface area contributed by atoms with E-state index in [0.29, 0.717) is 30.4 Å². The molecule has 2 aliphatic rings. The number of aromatic amines is 1. The molecule has 2 bridgehead atoms. The van der Waals surface area contributed by atoms with Gasteiger partial charge >= 0.3 is 0 Å². The zero-order valence-electron chi connectivity index (χ0n) is 13.5. The highest BCUT2D eigenvalue weighted by Crippen LogP contribution is 2.42. The van der Waals surface area contributed by atoms with Gasteiger partial charge in [-0.3, -0.25) is 9.59 Å². The Balaban J connectivity index is 1.33. The third kappa shape index (κ3) is 2.98. The molecular weight excluding hydrogens is 302 g/mol. The molecule has 1 aromatic carbocycles. The Labute approximate surface area is 140 Å². The number of benzene rings is 1. The van der Waals surface area contributed by atoms with Gasteiger partial charge in [-0.2, -0.15) is 0 Å². The molecule has 5 nitrogen and oxygen atoms in total. The SMILES string of the molecule is O=C(CCc1nc2ccccc2[nH]c1=O)NC[C@H]1C[C@H]2C=C[C@H]1C2. The molecule has 2 aliphatic carbocycles. The number of carbonyl (C=O) groups is 1. The van der Waals surface area contributed by atoms with Crippen molar-refractivity contribution in [2.24, 2.45) is 17.8 Å². The number of aromatic nitrogens is 2. The number of hydrogen-bond donors (Lipinski definition) is 2. The Morgan fingerprint density at radius 3 is 2.92 bits per heavy atom. The molecule has 1 aromatic heterocycles. The van der Waals surface area contributed by atoms with Crippen molar-refractivity contribution in [1.82, 2.24) is 15.3 Å². The molecule has 0 aliphatic heterocycles. The molecule has 1 saturated carbocycles. The van der Waals surface area contributed by atoms with Crippen molar-refractivity contribution >= 4 is 16.9 Å². The molecule has 1 fully saturated rings. The summed E-state index contributed by atoms with van der Waals surface area (Å²) in [5.41, 5.74) is 1.69. The molecule has 5 heteroatoms. The first-order valence-electron chi connectivity index (χ1n) is 8.62. The van der Waals surface area contributed by atoms with Gasteiger partial charge in [0.1, 0.15) is 5.69 Å². The number of aryl methyl sites for hydroxylation is 1. The predicted octanol–water partition coefficient (Wildman–Crippen LogP) is 2.18. The number of carbonyl (C=O) groups excluding carboxylic acids is 1. The Morgan fingerprint density at radius 1 is 1.25 bits per heavy atom. The quantitative estimate of drug-likeness (QED) is 0.828. The van der Waals surface area contributed by atoms with E-state index in [4.69, 9.17) is 0 Å². The van der Waals surface area contributed by atoms with Crippen LogP contribution < -0.4 is 10.9 Å². The van der Waals surface area contributed by atoms with Crippen LogP contribution in [0.3, 0.4) is 0 Å². The number of allylic oxidation sites excluding steroid dienone is 2. The molecule has 3 atom stereocenters. The van der Waals surface area contributed by atoms with Crippen LogP contribution in [0.25, 0.3) is 11.0 Å². The number of hydrogen-bond acceptors (Lipinski definition) is 3. The Hall–Kier alpha value is -2.43. The highest BCUT2D eigenvalue weighted by Gasteiger charge is 2.35. The average molecular weight is 323 g/mol. The van der Waals surface area contributed by atoms with Gasteiger partial charge in [-0.05, 0) is 42.7 Å². The minimum Gasteiger partial charge on any atom is -0.356 e. The lowest BCUT2D eigenvalue weighted by atomic mass is 9.93. The summed E-state index contributed by atoms with van der Waals surface area (Å²) in [6.45, 7) is 0.742. The summed E-state index contributed by atoms with van der Waals surface area (Å²) in [4.78, 5) is 31.3. The van der Waals surface area contributed by atoms with Crippen molar-refractivity contribution in [1.29, 1.82) is 0 Å². The van der Waals surface area contributed by atoms with Crippen LogP contribution in [0.2, 0.25) is 0 Å². The number of amides is 1. The largest absolute Gasteiger partial charge is 0.356 e. The van der Waals surface area contributed by atoms with Gasteiger partial charge in [0.15, 0.2) is 0 Å². The van der Waals surface area contributed by atoms with Crippen LogP contribution in [0.15, 0.2) is 41.2 Å². The second-order valence-electron chi connectivity index (χ2n) is 6.87. The van der Waals surface area contributed by atoms with Gasteiger partial charge in [-0.1, -0.05) is 24.3 Å². The first kappa shape index (κ1) is 15.1. The average Bonchev–Trinajstić information content (AvgIpc) is 3.21. The molecule has 1 heterocycles. The van der Waals surface area contributed by atoms with E-state index >= 15 is 0 Å². The maximum Gasteiger partial charge on any atom is 0.270 e. The fraction of sp³-hybridized carbons (Fsp3) is 0.421. The summed E-state index contributed by atoms with van der Waals surface area (Å²) >= 11 is 0. The Morgan fingerprint density at radius 2 is 2.12 bits per heavy atom. The highest BCUT2D eigenvalue weighted by molar-refractivity contribution is 5.76. The summed E-state index contributed by atoms with van der Waals surface area (Å²) in [7, 11) is 0. The monoisotopic (exact) mass is 323 g/mol. The number of nitrogens with one attached hydrogen (secondary N) is 2. The van der Waals surface area contributed by atoms with Crippen LogP contribution in [0.4, 0.5) is 0 Å². The van der Waals surface area contributed by atoms with Crippen LogP contribution in [0.1, 0.15) is 25.0 Å². The molecular formula is C19H21N3O2. The fourth-order valence-corrected chi connectivity index (χ4v) is 3.93. The molecule has 124 valence electrons. The third-order valence-electron chi connectivity index (χ3n) is 5.24. The van der Waals surface area contributed by atoms with Crippen molar-refractivity contribution in [3.8, 4) is 0 Å². The predicted molar refractivity (Wildman–Crippen MR) is 92.5 cm³/mol. The van der Waals surface area contributed by atoms with Crippen LogP contribution in [-0.2, 0) is 11.2 Å². The lowest BCUT2D eigenvalue weighted by Gasteiger charge is -2.18. The van der Waals surface area contributed by atoms with Crippen molar-refractivity contribution in [2.45, 2.75) is 25.7 Å². The summed E-state index contributed by atoms with van der Waals surface area (Å²) < 4.78 is 0. The van der Waals surface area contributed by atoms with E-state index < -0.39 is 0 Å². The van der Waals surface area contributed by atoms with E-state index in [0.717, 1.165) is 23.5 Å². The van der Waals surface area contributed by atoms with E-state index in [1.807, 2.05) is 24.3 Å². The molecule has 0 unspecified atom stereocenters. The van der Waals surface area contributed by atoms with Gasteiger partial charge in [-0.15, -0.1) is 0 Å². The number of nitrogens with zero attached hydrogens (tertiary/aromatic N) is 1. The fourth-order valence-electron chi connectivity index (χ4n) is 3.93. The molecule has 2 N–H and O–H groups in total. The Bertz CT molecular complexity index is 855. The molecule has 24 heavy (non-hydrogen) atoms. The topological polar surface area (TPSA) is 74.8 Å². The van der Waals surface area contributed by atoms with Crippen molar-refractivity contribution < 1.29 is 4.79 Å². The first-order chi connectivity index (χ1) is 11.7. The molecule has 4 rings (SSSR count). The minimum atomic E-state index is -0.209. The van der Waals surface area contributed by atoms with E-state index in [-0.39, 0.29) is 11.5 Å². The van der Waals surface area contributed by atoms with Gasteiger partial charge in [0.05, 0.1) is 11.0 Å². The molecule has 0 saturated heterocycles. The number of H-pyrrole nitrogens is 1. The zero-order chi connectivity index (χ0) is 16.5. The van der Waals surface area contributed by atoms with Gasteiger partial charge in [0.2, 0.25) is 5.91 Å². The van der Waals surface area contributed by atoms with Crippen molar-refractivity contribution in [2.75, 3.05) is 6.54 Å². The summed E-state index contributed by atoms with van der Waals surface area (Å²) in [6, 6.07) is 7.42. The zero-order valence-corrected chi connectivity index (χ0v) is 13.5. The second kappa shape index (κ2) is 6.23. The van der Waals surface area contributed by atoms with E-state index in [9.17, 15) is 9.59 Å². The second-order valence-corrected chi connectivity index (χ2v) is 6.87. The summed E-state index contributed by atoms with van der Waals surface area (Å²) in [6.07, 6.45) is 7.70. The highest BCUT2D eigenvalue weighted by atomic mass is 16.1. The first-order valence-corrected chi connectivity index (χ1v) is 8.62. The van der Waals surface area contributed by atoms with E-state index in [1.54, 1.807) is 0 Å². The molecule has 0 radical (unpaired) electrons. The number of para-hydroxylation sites is 2. The lowest BCUT2D eigenvalue weighted by molar-refractivity contribution is -0.121. The lowest BCUT2D eigenvalue weighted by Crippen LogP contribution is -2.31.